The number of nitrogens with zero attached hydrogens (tertiary/aromatic N) is 1. The lowest BCUT2D eigenvalue weighted by Crippen LogP contribution is -2.54. The number of barbiturate groups is 1. The molecular formula is C27H22ClN3O6. The Morgan fingerprint density at radius 2 is 1.84 bits per heavy atom. The average Bonchev–Trinajstić information content (AvgIpc) is 2.88. The Hall–Kier alpha value is -4.63. The highest BCUT2D eigenvalue weighted by Gasteiger charge is 2.37. The number of para-hydroxylation sites is 2. The maximum atomic E-state index is 13.2. The summed E-state index contributed by atoms with van der Waals surface area (Å²) in [6.07, 6.45) is 1.35. The van der Waals surface area contributed by atoms with Crippen LogP contribution >= 0.6 is 11.6 Å². The van der Waals surface area contributed by atoms with Gasteiger partial charge in [-0.15, -0.1) is 0 Å². The highest BCUT2D eigenvalue weighted by molar-refractivity contribution is 6.39. The lowest BCUT2D eigenvalue weighted by Gasteiger charge is -2.27. The van der Waals surface area contributed by atoms with Gasteiger partial charge < -0.3 is 14.8 Å². The van der Waals surface area contributed by atoms with E-state index in [0.29, 0.717) is 33.3 Å². The predicted octanol–water partition coefficient (Wildman–Crippen LogP) is 4.34. The van der Waals surface area contributed by atoms with Gasteiger partial charge in [-0.2, -0.15) is 0 Å². The van der Waals surface area contributed by atoms with Gasteiger partial charge in [0.15, 0.2) is 6.61 Å². The summed E-state index contributed by atoms with van der Waals surface area (Å²) in [5, 5.41) is 5.23. The van der Waals surface area contributed by atoms with Gasteiger partial charge in [0, 0.05) is 5.02 Å². The van der Waals surface area contributed by atoms with Crippen LogP contribution in [0.4, 0.5) is 16.2 Å². The number of urea groups is 1. The fourth-order valence-electron chi connectivity index (χ4n) is 3.64. The molecule has 0 atom stereocenters. The lowest BCUT2D eigenvalue weighted by atomic mass is 10.1. The quantitative estimate of drug-likeness (QED) is 0.354. The van der Waals surface area contributed by atoms with Crippen molar-refractivity contribution in [2.75, 3.05) is 23.9 Å². The molecule has 3 aromatic carbocycles. The van der Waals surface area contributed by atoms with Crippen LogP contribution in [0, 0.1) is 6.92 Å². The molecule has 1 aliphatic rings. The second-order valence-electron chi connectivity index (χ2n) is 8.00. The van der Waals surface area contributed by atoms with E-state index in [1.807, 2.05) is 0 Å². The highest BCUT2D eigenvalue weighted by Crippen LogP contribution is 2.28. The van der Waals surface area contributed by atoms with Crippen molar-refractivity contribution in [2.45, 2.75) is 6.92 Å². The van der Waals surface area contributed by atoms with Crippen molar-refractivity contribution < 1.29 is 28.7 Å². The van der Waals surface area contributed by atoms with Gasteiger partial charge in [-0.3, -0.25) is 19.7 Å². The first-order valence-electron chi connectivity index (χ1n) is 11.1. The molecule has 1 heterocycles. The SMILES string of the molecule is COc1ccccc1NC(=O)COc1cccc(/C=C2\C(=O)NC(=O)N(c3cc(Cl)ccc3C)C2=O)c1. The lowest BCUT2D eigenvalue weighted by molar-refractivity contribution is -0.122. The molecule has 10 heteroatoms. The van der Waals surface area contributed by atoms with E-state index in [1.54, 1.807) is 67.6 Å². The summed E-state index contributed by atoms with van der Waals surface area (Å²) < 4.78 is 10.8. The number of hydrogen-bond acceptors (Lipinski definition) is 6. The summed E-state index contributed by atoms with van der Waals surface area (Å²) in [5.41, 5.74) is 1.62. The van der Waals surface area contributed by atoms with Crippen molar-refractivity contribution >= 4 is 52.8 Å². The number of imide groups is 2. The van der Waals surface area contributed by atoms with Gasteiger partial charge in [0.2, 0.25) is 0 Å². The first-order chi connectivity index (χ1) is 17.8. The molecule has 4 rings (SSSR count). The zero-order valence-electron chi connectivity index (χ0n) is 19.9. The van der Waals surface area contributed by atoms with Gasteiger partial charge in [-0.1, -0.05) is 41.9 Å². The summed E-state index contributed by atoms with van der Waals surface area (Å²) in [6.45, 7) is 1.44. The van der Waals surface area contributed by atoms with E-state index >= 15 is 0 Å². The fraction of sp³-hybridized carbons (Fsp3) is 0.111. The summed E-state index contributed by atoms with van der Waals surface area (Å²) in [5.74, 6) is -1.16. The molecular weight excluding hydrogens is 498 g/mol. The van der Waals surface area contributed by atoms with Crippen LogP contribution in [0.15, 0.2) is 72.3 Å². The van der Waals surface area contributed by atoms with E-state index in [1.165, 1.54) is 19.3 Å². The minimum absolute atomic E-state index is 0.245. The first kappa shape index (κ1) is 25.5. The predicted molar refractivity (Wildman–Crippen MR) is 139 cm³/mol. The first-order valence-corrected chi connectivity index (χ1v) is 11.5. The van der Waals surface area contributed by atoms with Gasteiger partial charge in [0.1, 0.15) is 17.1 Å². The molecule has 1 aliphatic heterocycles. The smallest absolute Gasteiger partial charge is 0.335 e. The van der Waals surface area contributed by atoms with Gasteiger partial charge in [-0.05, 0) is 60.5 Å². The fourth-order valence-corrected chi connectivity index (χ4v) is 3.81. The molecule has 1 fully saturated rings. The number of anilines is 2. The largest absolute Gasteiger partial charge is 0.495 e. The number of ether oxygens (including phenoxy) is 2. The number of aryl methyl sites for hydroxylation is 1. The van der Waals surface area contributed by atoms with Crippen LogP contribution in [0.25, 0.3) is 6.08 Å². The van der Waals surface area contributed by atoms with Crippen LogP contribution in [-0.2, 0) is 14.4 Å². The third kappa shape index (κ3) is 5.79. The van der Waals surface area contributed by atoms with Crippen LogP contribution in [0.5, 0.6) is 11.5 Å². The number of halogens is 1. The van der Waals surface area contributed by atoms with Crippen molar-refractivity contribution in [1.29, 1.82) is 0 Å². The maximum Gasteiger partial charge on any atom is 0.335 e. The zero-order valence-corrected chi connectivity index (χ0v) is 20.7. The molecule has 0 saturated carbocycles. The normalized spacial score (nSPS) is 14.4. The van der Waals surface area contributed by atoms with Crippen molar-refractivity contribution in [3.63, 3.8) is 0 Å². The Bertz CT molecular complexity index is 1440. The monoisotopic (exact) mass is 519 g/mol. The van der Waals surface area contributed by atoms with E-state index in [0.717, 1.165) is 4.90 Å². The molecule has 2 N–H and O–H groups in total. The summed E-state index contributed by atoms with van der Waals surface area (Å²) in [6, 6.07) is 17.4. The number of amides is 5. The van der Waals surface area contributed by atoms with E-state index in [-0.39, 0.29) is 17.9 Å². The van der Waals surface area contributed by atoms with Crippen LogP contribution in [0.2, 0.25) is 5.02 Å². The van der Waals surface area contributed by atoms with Crippen LogP contribution < -0.4 is 25.0 Å². The molecule has 0 aliphatic carbocycles. The minimum atomic E-state index is -0.865. The molecule has 3 aromatic rings. The molecule has 5 amide bonds. The van der Waals surface area contributed by atoms with Crippen molar-refractivity contribution in [1.82, 2.24) is 5.32 Å². The van der Waals surface area contributed by atoms with Crippen molar-refractivity contribution in [3.05, 3.63) is 88.5 Å². The van der Waals surface area contributed by atoms with E-state index in [9.17, 15) is 19.2 Å². The van der Waals surface area contributed by atoms with Gasteiger partial charge in [0.25, 0.3) is 17.7 Å². The Morgan fingerprint density at radius 3 is 2.62 bits per heavy atom. The summed E-state index contributed by atoms with van der Waals surface area (Å²) in [7, 11) is 1.50. The molecule has 0 unspecified atom stereocenters. The molecule has 0 spiro atoms. The maximum absolute atomic E-state index is 13.2. The standard InChI is InChI=1S/C27H22ClN3O6/c1-16-10-11-18(28)14-22(16)31-26(34)20(25(33)30-27(31)35)13-17-6-5-7-19(12-17)37-15-24(32)29-21-8-3-4-9-23(21)36-2/h3-14H,15H2,1-2H3,(H,29,32)(H,30,33,35)/b20-13+. The van der Waals surface area contributed by atoms with Gasteiger partial charge in [-0.25, -0.2) is 9.69 Å². The number of benzene rings is 3. The molecule has 1 saturated heterocycles. The van der Waals surface area contributed by atoms with Gasteiger partial charge >= 0.3 is 6.03 Å². The Balaban J connectivity index is 1.51. The van der Waals surface area contributed by atoms with Crippen LogP contribution in [-0.4, -0.2) is 37.5 Å². The van der Waals surface area contributed by atoms with E-state index in [2.05, 4.69) is 10.6 Å². The molecule has 37 heavy (non-hydrogen) atoms. The number of methoxy groups -OCH3 is 1. The van der Waals surface area contributed by atoms with Crippen LogP contribution in [0.3, 0.4) is 0 Å². The zero-order chi connectivity index (χ0) is 26.5. The van der Waals surface area contributed by atoms with E-state index in [4.69, 9.17) is 21.1 Å². The molecule has 0 radical (unpaired) electrons. The Labute approximate surface area is 217 Å². The van der Waals surface area contributed by atoms with Crippen LogP contribution in [0.1, 0.15) is 11.1 Å². The number of carbonyl (C=O) groups excluding carboxylic acids is 4. The van der Waals surface area contributed by atoms with Crippen molar-refractivity contribution in [2.24, 2.45) is 0 Å². The Kier molecular flexibility index (Phi) is 7.55. The Morgan fingerprint density at radius 1 is 1.05 bits per heavy atom. The van der Waals surface area contributed by atoms with Gasteiger partial charge in [0.05, 0.1) is 18.5 Å². The van der Waals surface area contributed by atoms with E-state index < -0.39 is 23.8 Å². The number of hydrogen-bond donors (Lipinski definition) is 2. The topological polar surface area (TPSA) is 114 Å². The molecule has 188 valence electrons. The number of carbonyl (C=O) groups is 4. The summed E-state index contributed by atoms with van der Waals surface area (Å²) >= 11 is 6.06. The second kappa shape index (κ2) is 11.0. The third-order valence-corrected chi connectivity index (χ3v) is 5.67. The number of nitrogens with one attached hydrogen (secondary N) is 2. The average molecular weight is 520 g/mol. The van der Waals surface area contributed by atoms with Crippen molar-refractivity contribution in [3.8, 4) is 11.5 Å². The second-order valence-corrected chi connectivity index (χ2v) is 8.43. The summed E-state index contributed by atoms with van der Waals surface area (Å²) in [4.78, 5) is 51.4. The number of rotatable bonds is 7. The molecule has 0 aromatic heterocycles. The third-order valence-electron chi connectivity index (χ3n) is 5.43. The minimum Gasteiger partial charge on any atom is -0.495 e. The molecule has 9 nitrogen and oxygen atoms in total. The highest BCUT2D eigenvalue weighted by atomic mass is 35.5. The molecule has 0 bridgehead atoms.